The number of amides is 2. The third-order valence-corrected chi connectivity index (χ3v) is 2.86. The first-order valence-corrected chi connectivity index (χ1v) is 6.23. The number of hydrogen-bond donors (Lipinski definition) is 2. The van der Waals surface area contributed by atoms with E-state index in [-0.39, 0.29) is 5.92 Å². The van der Waals surface area contributed by atoms with Crippen molar-refractivity contribution in [3.63, 3.8) is 0 Å². The van der Waals surface area contributed by atoms with Gasteiger partial charge >= 0.3 is 12.0 Å². The quantitative estimate of drug-likeness (QED) is 0.835. The van der Waals surface area contributed by atoms with Gasteiger partial charge in [0.05, 0.1) is 17.8 Å². The van der Waals surface area contributed by atoms with E-state index in [1.54, 1.807) is 24.3 Å². The summed E-state index contributed by atoms with van der Waals surface area (Å²) in [4.78, 5) is 23.3. The van der Waals surface area contributed by atoms with Crippen molar-refractivity contribution >= 4 is 29.3 Å². The molecule has 0 saturated heterocycles. The van der Waals surface area contributed by atoms with Gasteiger partial charge in [-0.25, -0.2) is 9.59 Å². The van der Waals surface area contributed by atoms with Crippen LogP contribution in [0.5, 0.6) is 0 Å². The molecule has 0 aromatic heterocycles. The van der Waals surface area contributed by atoms with Gasteiger partial charge < -0.3 is 15.4 Å². The van der Waals surface area contributed by atoms with Crippen molar-refractivity contribution in [2.75, 3.05) is 12.4 Å². The van der Waals surface area contributed by atoms with E-state index in [0.717, 1.165) is 0 Å². The second-order valence-corrected chi connectivity index (χ2v) is 4.73. The zero-order chi connectivity index (χ0) is 14.4. The van der Waals surface area contributed by atoms with E-state index in [1.807, 2.05) is 13.8 Å². The number of esters is 1. The van der Waals surface area contributed by atoms with Gasteiger partial charge in [-0.15, -0.1) is 0 Å². The number of urea groups is 1. The van der Waals surface area contributed by atoms with E-state index in [9.17, 15) is 9.59 Å². The maximum absolute atomic E-state index is 11.8. The lowest BCUT2D eigenvalue weighted by atomic mass is 10.1. The second kappa shape index (κ2) is 6.99. The van der Waals surface area contributed by atoms with E-state index < -0.39 is 18.0 Å². The molecule has 1 aromatic rings. The highest BCUT2D eigenvalue weighted by atomic mass is 35.5. The monoisotopic (exact) mass is 284 g/mol. The van der Waals surface area contributed by atoms with Crippen molar-refractivity contribution in [1.82, 2.24) is 5.32 Å². The van der Waals surface area contributed by atoms with Crippen molar-refractivity contribution in [3.05, 3.63) is 29.3 Å². The van der Waals surface area contributed by atoms with Crippen LogP contribution in [-0.4, -0.2) is 25.2 Å². The molecule has 0 aliphatic rings. The number of hydrogen-bond acceptors (Lipinski definition) is 3. The number of rotatable bonds is 4. The second-order valence-electron chi connectivity index (χ2n) is 4.32. The average molecular weight is 285 g/mol. The molecule has 0 radical (unpaired) electrons. The minimum Gasteiger partial charge on any atom is -0.467 e. The molecule has 6 heteroatoms. The molecular formula is C13H17ClN2O3. The first-order chi connectivity index (χ1) is 8.95. The number of halogens is 1. The topological polar surface area (TPSA) is 67.4 Å². The molecule has 0 fully saturated rings. The Morgan fingerprint density at radius 1 is 1.26 bits per heavy atom. The maximum atomic E-state index is 11.8. The minimum atomic E-state index is -0.701. The number of benzene rings is 1. The van der Waals surface area contributed by atoms with Crippen LogP contribution in [0.25, 0.3) is 0 Å². The highest BCUT2D eigenvalue weighted by molar-refractivity contribution is 6.33. The molecule has 1 unspecified atom stereocenters. The molecule has 0 saturated carbocycles. The van der Waals surface area contributed by atoms with Crippen LogP contribution in [0.4, 0.5) is 10.5 Å². The Bertz CT molecular complexity index is 463. The van der Waals surface area contributed by atoms with E-state index in [1.165, 1.54) is 7.11 Å². The fourth-order valence-corrected chi connectivity index (χ4v) is 1.67. The molecule has 0 aliphatic carbocycles. The fraction of sp³-hybridized carbons (Fsp3) is 0.385. The molecule has 104 valence electrons. The third-order valence-electron chi connectivity index (χ3n) is 2.53. The Balaban J connectivity index is 2.68. The summed E-state index contributed by atoms with van der Waals surface area (Å²) >= 11 is 5.92. The first-order valence-electron chi connectivity index (χ1n) is 5.85. The molecule has 5 nitrogen and oxygen atoms in total. The summed E-state index contributed by atoms with van der Waals surface area (Å²) in [6.45, 7) is 3.63. The molecule has 1 rings (SSSR count). The Hall–Kier alpha value is -1.75. The number of nitrogens with one attached hydrogen (secondary N) is 2. The lowest BCUT2D eigenvalue weighted by Gasteiger charge is -2.20. The number of carbonyl (C=O) groups excluding carboxylic acids is 2. The largest absolute Gasteiger partial charge is 0.467 e. The highest BCUT2D eigenvalue weighted by Gasteiger charge is 2.24. The summed E-state index contributed by atoms with van der Waals surface area (Å²) in [5.41, 5.74) is 0.481. The standard InChI is InChI=1S/C13H17ClN2O3/c1-8(2)11(12(17)19-3)16-13(18)15-10-7-5-4-6-9(10)14/h4-8,11H,1-3H3,(H2,15,16,18). The molecule has 0 spiro atoms. The van der Waals surface area contributed by atoms with E-state index in [2.05, 4.69) is 15.4 Å². The SMILES string of the molecule is COC(=O)C(NC(=O)Nc1ccccc1Cl)C(C)C. The summed E-state index contributed by atoms with van der Waals surface area (Å²) < 4.78 is 4.64. The van der Waals surface area contributed by atoms with Crippen molar-refractivity contribution < 1.29 is 14.3 Å². The molecule has 19 heavy (non-hydrogen) atoms. The molecule has 1 aromatic carbocycles. The van der Waals surface area contributed by atoms with Gasteiger partial charge in [-0.2, -0.15) is 0 Å². The van der Waals surface area contributed by atoms with Gasteiger partial charge in [0.1, 0.15) is 6.04 Å². The van der Waals surface area contributed by atoms with Crippen LogP contribution in [0.2, 0.25) is 5.02 Å². The number of methoxy groups -OCH3 is 1. The Morgan fingerprint density at radius 2 is 1.89 bits per heavy atom. The van der Waals surface area contributed by atoms with E-state index in [0.29, 0.717) is 10.7 Å². The van der Waals surface area contributed by atoms with Crippen LogP contribution in [-0.2, 0) is 9.53 Å². The van der Waals surface area contributed by atoms with Gasteiger partial charge in [-0.1, -0.05) is 37.6 Å². The lowest BCUT2D eigenvalue weighted by Crippen LogP contribution is -2.46. The molecule has 0 heterocycles. The Kier molecular flexibility index (Phi) is 5.63. The number of carbonyl (C=O) groups is 2. The van der Waals surface area contributed by atoms with Gasteiger partial charge in [0, 0.05) is 0 Å². The molecule has 2 N–H and O–H groups in total. The normalized spacial score (nSPS) is 11.8. The molecular weight excluding hydrogens is 268 g/mol. The van der Waals surface area contributed by atoms with Gasteiger partial charge in [0.15, 0.2) is 0 Å². The molecule has 2 amide bonds. The first kappa shape index (κ1) is 15.3. The third kappa shape index (κ3) is 4.44. The van der Waals surface area contributed by atoms with Crippen molar-refractivity contribution in [1.29, 1.82) is 0 Å². The predicted molar refractivity (Wildman–Crippen MR) is 74.2 cm³/mol. The van der Waals surface area contributed by atoms with Gasteiger partial charge in [0.25, 0.3) is 0 Å². The zero-order valence-electron chi connectivity index (χ0n) is 11.1. The van der Waals surface area contributed by atoms with Crippen molar-refractivity contribution in [2.45, 2.75) is 19.9 Å². The van der Waals surface area contributed by atoms with Gasteiger partial charge in [-0.3, -0.25) is 0 Å². The molecule has 0 bridgehead atoms. The van der Waals surface area contributed by atoms with Crippen LogP contribution in [0.15, 0.2) is 24.3 Å². The summed E-state index contributed by atoms with van der Waals surface area (Å²) in [7, 11) is 1.28. The number of ether oxygens (including phenoxy) is 1. The van der Waals surface area contributed by atoms with E-state index in [4.69, 9.17) is 11.6 Å². The molecule has 0 aliphatic heterocycles. The zero-order valence-corrected chi connectivity index (χ0v) is 11.8. The summed E-state index contributed by atoms with van der Waals surface area (Å²) in [5.74, 6) is -0.561. The van der Waals surface area contributed by atoms with Crippen LogP contribution in [0.1, 0.15) is 13.8 Å². The van der Waals surface area contributed by atoms with Crippen LogP contribution < -0.4 is 10.6 Å². The van der Waals surface area contributed by atoms with Gasteiger partial charge in [0.2, 0.25) is 0 Å². The average Bonchev–Trinajstić information content (AvgIpc) is 2.37. The number of anilines is 1. The maximum Gasteiger partial charge on any atom is 0.328 e. The predicted octanol–water partition coefficient (Wildman–Crippen LogP) is 2.66. The van der Waals surface area contributed by atoms with E-state index >= 15 is 0 Å². The van der Waals surface area contributed by atoms with Crippen LogP contribution in [0.3, 0.4) is 0 Å². The Labute approximate surface area is 117 Å². The molecule has 1 atom stereocenters. The smallest absolute Gasteiger partial charge is 0.328 e. The fourth-order valence-electron chi connectivity index (χ4n) is 1.49. The Morgan fingerprint density at radius 3 is 2.42 bits per heavy atom. The lowest BCUT2D eigenvalue weighted by molar-refractivity contribution is -0.143. The van der Waals surface area contributed by atoms with Gasteiger partial charge in [-0.05, 0) is 18.1 Å². The van der Waals surface area contributed by atoms with Crippen molar-refractivity contribution in [2.24, 2.45) is 5.92 Å². The minimum absolute atomic E-state index is 0.0792. The summed E-state index contributed by atoms with van der Waals surface area (Å²) in [6, 6.07) is 5.64. The van der Waals surface area contributed by atoms with Crippen LogP contribution in [0, 0.1) is 5.92 Å². The summed E-state index contributed by atoms with van der Waals surface area (Å²) in [5, 5.41) is 5.57. The van der Waals surface area contributed by atoms with Crippen molar-refractivity contribution in [3.8, 4) is 0 Å². The van der Waals surface area contributed by atoms with Crippen LogP contribution >= 0.6 is 11.6 Å². The number of para-hydroxylation sites is 1. The summed E-state index contributed by atoms with van der Waals surface area (Å²) in [6.07, 6.45) is 0. The highest BCUT2D eigenvalue weighted by Crippen LogP contribution is 2.20.